The Hall–Kier alpha value is -3.62. The van der Waals surface area contributed by atoms with Gasteiger partial charge in [0.1, 0.15) is 23.9 Å². The van der Waals surface area contributed by atoms with Gasteiger partial charge in [-0.15, -0.1) is 0 Å². The molecule has 0 saturated carbocycles. The predicted molar refractivity (Wildman–Crippen MR) is 136 cm³/mol. The number of carbonyl (C=O) groups is 2. The molecular formula is C28H32N2O6. The minimum atomic E-state index is -0.818. The van der Waals surface area contributed by atoms with Gasteiger partial charge in [-0.2, -0.15) is 0 Å². The number of likely N-dealkylation sites (tertiary alicyclic amines) is 1. The number of aromatic hydroxyl groups is 1. The molecule has 0 radical (unpaired) electrons. The first-order valence-electron chi connectivity index (χ1n) is 12.1. The Morgan fingerprint density at radius 3 is 2.69 bits per heavy atom. The molecule has 2 aliphatic rings. The second kappa shape index (κ2) is 11.4. The van der Waals surface area contributed by atoms with E-state index in [1.54, 1.807) is 42.5 Å². The molecule has 1 atom stereocenters. The molecule has 2 saturated heterocycles. The zero-order chi connectivity index (χ0) is 25.7. The van der Waals surface area contributed by atoms with Crippen LogP contribution in [0.15, 0.2) is 60.7 Å². The minimum absolute atomic E-state index is 0.0480. The Morgan fingerprint density at radius 1 is 1.17 bits per heavy atom. The zero-order valence-electron chi connectivity index (χ0n) is 20.5. The van der Waals surface area contributed by atoms with E-state index in [4.69, 9.17) is 9.47 Å². The van der Waals surface area contributed by atoms with Crippen molar-refractivity contribution in [3.63, 3.8) is 0 Å². The fourth-order valence-corrected chi connectivity index (χ4v) is 4.66. The molecule has 2 aliphatic heterocycles. The Morgan fingerprint density at radius 2 is 1.94 bits per heavy atom. The van der Waals surface area contributed by atoms with Gasteiger partial charge in [0, 0.05) is 26.2 Å². The monoisotopic (exact) mass is 492 g/mol. The van der Waals surface area contributed by atoms with E-state index in [1.165, 1.54) is 11.0 Å². The summed E-state index contributed by atoms with van der Waals surface area (Å²) in [6, 6.07) is 11.1. The molecule has 2 aromatic carbocycles. The van der Waals surface area contributed by atoms with Gasteiger partial charge in [-0.1, -0.05) is 36.4 Å². The molecule has 4 rings (SSSR count). The molecule has 2 fully saturated rings. The maximum absolute atomic E-state index is 13.3. The molecule has 2 N–H and O–H groups in total. The van der Waals surface area contributed by atoms with Crippen LogP contribution in [-0.2, 0) is 14.3 Å². The highest BCUT2D eigenvalue weighted by atomic mass is 16.5. The van der Waals surface area contributed by atoms with Crippen LogP contribution in [0, 0.1) is 6.92 Å². The molecule has 2 heterocycles. The van der Waals surface area contributed by atoms with Crippen molar-refractivity contribution >= 4 is 17.4 Å². The number of morpholine rings is 1. The summed E-state index contributed by atoms with van der Waals surface area (Å²) < 4.78 is 11.1. The average Bonchev–Trinajstić information content (AvgIpc) is 3.14. The summed E-state index contributed by atoms with van der Waals surface area (Å²) in [6.45, 7) is 9.91. The number of phenolic OH excluding ortho intramolecular Hbond substituents is 1. The average molecular weight is 493 g/mol. The highest BCUT2D eigenvalue weighted by Gasteiger charge is 2.46. The quantitative estimate of drug-likeness (QED) is 0.240. The zero-order valence-corrected chi connectivity index (χ0v) is 20.5. The number of hydrogen-bond acceptors (Lipinski definition) is 7. The Kier molecular flexibility index (Phi) is 8.07. The summed E-state index contributed by atoms with van der Waals surface area (Å²) in [5.41, 5.74) is 1.50. The van der Waals surface area contributed by atoms with Crippen LogP contribution >= 0.6 is 0 Å². The third-order valence-electron chi connectivity index (χ3n) is 6.47. The summed E-state index contributed by atoms with van der Waals surface area (Å²) in [7, 11) is 0. The van der Waals surface area contributed by atoms with Crippen LogP contribution in [0.1, 0.15) is 29.2 Å². The van der Waals surface area contributed by atoms with Crippen molar-refractivity contribution < 1.29 is 29.3 Å². The number of hydrogen-bond donors (Lipinski definition) is 2. The van der Waals surface area contributed by atoms with Gasteiger partial charge in [-0.3, -0.25) is 14.5 Å². The van der Waals surface area contributed by atoms with Crippen molar-refractivity contribution in [3.8, 4) is 11.5 Å². The van der Waals surface area contributed by atoms with E-state index in [0.717, 1.165) is 25.2 Å². The lowest BCUT2D eigenvalue weighted by Crippen LogP contribution is -2.38. The number of ether oxygens (including phenoxy) is 2. The van der Waals surface area contributed by atoms with Crippen molar-refractivity contribution in [2.24, 2.45) is 0 Å². The third-order valence-corrected chi connectivity index (χ3v) is 6.47. The lowest BCUT2D eigenvalue weighted by atomic mass is 9.94. The van der Waals surface area contributed by atoms with Crippen molar-refractivity contribution in [1.82, 2.24) is 9.80 Å². The number of phenols is 1. The number of aryl methyl sites for hydroxylation is 1. The van der Waals surface area contributed by atoms with Crippen LogP contribution in [0.4, 0.5) is 0 Å². The van der Waals surface area contributed by atoms with Crippen LogP contribution in [0.2, 0.25) is 0 Å². The summed E-state index contributed by atoms with van der Waals surface area (Å²) in [5, 5.41) is 21.7. The third kappa shape index (κ3) is 5.45. The normalized spacial score (nSPS) is 20.0. The predicted octanol–water partition coefficient (Wildman–Crippen LogP) is 3.41. The summed E-state index contributed by atoms with van der Waals surface area (Å²) in [4.78, 5) is 30.3. The summed E-state index contributed by atoms with van der Waals surface area (Å²) in [6.07, 6.45) is 2.29. The van der Waals surface area contributed by atoms with Crippen LogP contribution in [-0.4, -0.2) is 77.7 Å². The van der Waals surface area contributed by atoms with Crippen LogP contribution in [0.25, 0.3) is 5.76 Å². The van der Waals surface area contributed by atoms with Gasteiger partial charge in [0.15, 0.2) is 0 Å². The van der Waals surface area contributed by atoms with Gasteiger partial charge in [0.25, 0.3) is 11.7 Å². The van der Waals surface area contributed by atoms with Crippen molar-refractivity contribution in [1.29, 1.82) is 0 Å². The Labute approximate surface area is 211 Å². The maximum atomic E-state index is 13.3. The summed E-state index contributed by atoms with van der Waals surface area (Å²) in [5.74, 6) is -1.45. The van der Waals surface area contributed by atoms with E-state index < -0.39 is 23.5 Å². The second-order valence-electron chi connectivity index (χ2n) is 8.99. The second-order valence-corrected chi connectivity index (χ2v) is 8.99. The molecule has 0 aromatic heterocycles. The van der Waals surface area contributed by atoms with E-state index in [-0.39, 0.29) is 16.9 Å². The van der Waals surface area contributed by atoms with Crippen molar-refractivity contribution in [3.05, 3.63) is 77.4 Å². The number of Topliss-reactive ketones (excluding diaryl/α,β-unsaturated/α-hetero) is 1. The molecule has 0 bridgehead atoms. The first-order valence-corrected chi connectivity index (χ1v) is 12.1. The smallest absolute Gasteiger partial charge is 0.295 e. The molecule has 0 unspecified atom stereocenters. The first-order chi connectivity index (χ1) is 17.4. The summed E-state index contributed by atoms with van der Waals surface area (Å²) >= 11 is 0. The van der Waals surface area contributed by atoms with E-state index in [1.807, 2.05) is 6.92 Å². The largest absolute Gasteiger partial charge is 0.507 e. The molecular weight excluding hydrogens is 460 g/mol. The first kappa shape index (κ1) is 25.5. The van der Waals surface area contributed by atoms with E-state index >= 15 is 0 Å². The molecule has 36 heavy (non-hydrogen) atoms. The fourth-order valence-electron chi connectivity index (χ4n) is 4.66. The lowest BCUT2D eigenvalue weighted by Gasteiger charge is -2.29. The van der Waals surface area contributed by atoms with Gasteiger partial charge in [-0.05, 0) is 43.2 Å². The van der Waals surface area contributed by atoms with E-state index in [2.05, 4.69) is 11.5 Å². The Bertz CT molecular complexity index is 1170. The molecule has 8 nitrogen and oxygen atoms in total. The van der Waals surface area contributed by atoms with E-state index in [9.17, 15) is 19.8 Å². The number of nitrogens with zero attached hydrogens (tertiary/aromatic N) is 2. The number of aliphatic hydroxyl groups is 1. The van der Waals surface area contributed by atoms with Gasteiger partial charge in [-0.25, -0.2) is 0 Å². The number of aliphatic hydroxyl groups excluding tert-OH is 1. The number of carbonyl (C=O) groups excluding carboxylic acids is 2. The topological polar surface area (TPSA) is 99.5 Å². The Balaban J connectivity index is 1.72. The van der Waals surface area contributed by atoms with Crippen LogP contribution < -0.4 is 4.74 Å². The number of rotatable bonds is 9. The molecule has 190 valence electrons. The SMILES string of the molecule is C=CCOc1cccc([C@H]2C(=C(O)c3cc(C)ccc3O)C(=O)C(=O)N2CCCN2CCOCC2)c1. The molecule has 0 aliphatic carbocycles. The van der Waals surface area contributed by atoms with Gasteiger partial charge in [0.05, 0.1) is 30.4 Å². The van der Waals surface area contributed by atoms with Crippen LogP contribution in [0.3, 0.4) is 0 Å². The molecule has 1 amide bonds. The highest BCUT2D eigenvalue weighted by molar-refractivity contribution is 6.46. The molecule has 0 spiro atoms. The minimum Gasteiger partial charge on any atom is -0.507 e. The van der Waals surface area contributed by atoms with E-state index in [0.29, 0.717) is 44.1 Å². The fraction of sp³-hybridized carbons (Fsp3) is 0.357. The molecule has 2 aromatic rings. The van der Waals surface area contributed by atoms with Crippen molar-refractivity contribution in [2.45, 2.75) is 19.4 Å². The van der Waals surface area contributed by atoms with Crippen molar-refractivity contribution in [2.75, 3.05) is 46.0 Å². The standard InChI is InChI=1S/C28H32N2O6/c1-3-14-36-21-7-4-6-20(18-21)25-24(26(32)22-17-19(2)8-9-23(22)31)27(33)28(34)30(25)11-5-10-29-12-15-35-16-13-29/h3-4,6-9,17-18,25,31-32H,1,5,10-16H2,2H3/t25-/m0/s1. The number of amides is 1. The lowest BCUT2D eigenvalue weighted by molar-refractivity contribution is -0.140. The maximum Gasteiger partial charge on any atom is 0.295 e. The van der Waals surface area contributed by atoms with Crippen LogP contribution in [0.5, 0.6) is 11.5 Å². The number of ketones is 1. The van der Waals surface area contributed by atoms with Gasteiger partial charge in [0.2, 0.25) is 0 Å². The van der Waals surface area contributed by atoms with Gasteiger partial charge < -0.3 is 24.6 Å². The highest BCUT2D eigenvalue weighted by Crippen LogP contribution is 2.41. The van der Waals surface area contributed by atoms with Gasteiger partial charge >= 0.3 is 0 Å². The molecule has 8 heteroatoms. The number of benzene rings is 2.